The van der Waals surface area contributed by atoms with Gasteiger partial charge in [-0.15, -0.1) is 0 Å². The number of ether oxygens (including phenoxy) is 1. The zero-order valence-corrected chi connectivity index (χ0v) is 15.8. The van der Waals surface area contributed by atoms with Gasteiger partial charge in [0, 0.05) is 11.1 Å². The minimum absolute atomic E-state index is 0.0160. The highest BCUT2D eigenvalue weighted by Gasteiger charge is 2.23. The summed E-state index contributed by atoms with van der Waals surface area (Å²) in [4.78, 5) is 21.7. The molecule has 0 aromatic heterocycles. The molecule has 0 aliphatic heterocycles. The third kappa shape index (κ3) is 6.82. The average Bonchev–Trinajstić information content (AvgIpc) is 2.50. The van der Waals surface area contributed by atoms with E-state index in [-0.39, 0.29) is 23.3 Å². The van der Waals surface area contributed by atoms with Crippen molar-refractivity contribution in [3.63, 3.8) is 0 Å². The molecule has 0 aliphatic carbocycles. The molecule has 142 valence electrons. The molecule has 6 heteroatoms. The largest absolute Gasteiger partial charge is 0.511 e. The molecule has 1 rings (SSSR count). The van der Waals surface area contributed by atoms with Gasteiger partial charge in [-0.2, -0.15) is 4.89 Å². The molecule has 2 N–H and O–H groups in total. The summed E-state index contributed by atoms with van der Waals surface area (Å²) in [6, 6.07) is 1.71. The highest BCUT2D eigenvalue weighted by Crippen LogP contribution is 2.42. The number of phenols is 1. The molecule has 0 heterocycles. The monoisotopic (exact) mass is 354 g/mol. The Labute approximate surface area is 149 Å². The SMILES string of the molecule is CCCCOOc1cc(CC(C)C)c(OC(=O)O)c(O)c1CC(C)C. The van der Waals surface area contributed by atoms with Crippen molar-refractivity contribution in [3.8, 4) is 17.2 Å². The first-order valence-corrected chi connectivity index (χ1v) is 8.84. The van der Waals surface area contributed by atoms with Crippen LogP contribution in [-0.2, 0) is 17.7 Å². The number of unbranched alkanes of at least 4 members (excludes halogenated alkanes) is 1. The Balaban J connectivity index is 3.30. The topological polar surface area (TPSA) is 85.2 Å². The second kappa shape index (κ2) is 10.1. The van der Waals surface area contributed by atoms with Gasteiger partial charge in [0.25, 0.3) is 0 Å². The molecule has 0 spiro atoms. The number of rotatable bonds is 10. The molecule has 0 unspecified atom stereocenters. The maximum atomic E-state index is 11.0. The van der Waals surface area contributed by atoms with Crippen molar-refractivity contribution in [2.75, 3.05) is 6.61 Å². The van der Waals surface area contributed by atoms with Crippen LogP contribution in [0, 0.1) is 11.8 Å². The summed E-state index contributed by atoms with van der Waals surface area (Å²) >= 11 is 0. The predicted molar refractivity (Wildman–Crippen MR) is 95.3 cm³/mol. The summed E-state index contributed by atoms with van der Waals surface area (Å²) in [5, 5.41) is 19.6. The van der Waals surface area contributed by atoms with Gasteiger partial charge in [0.05, 0.1) is 6.61 Å². The molecule has 1 aromatic rings. The number of carboxylic acid groups (broad SMARTS) is 1. The van der Waals surface area contributed by atoms with Crippen LogP contribution in [0.25, 0.3) is 0 Å². The third-order valence-electron chi connectivity index (χ3n) is 3.56. The van der Waals surface area contributed by atoms with Crippen molar-refractivity contribution in [2.45, 2.75) is 60.3 Å². The van der Waals surface area contributed by atoms with E-state index in [0.717, 1.165) is 12.8 Å². The fourth-order valence-electron chi connectivity index (χ4n) is 2.50. The maximum Gasteiger partial charge on any atom is 0.511 e. The average molecular weight is 354 g/mol. The molecule has 0 bridgehead atoms. The lowest BCUT2D eigenvalue weighted by atomic mass is 9.95. The second-order valence-corrected chi connectivity index (χ2v) is 7.01. The molecule has 6 nitrogen and oxygen atoms in total. The summed E-state index contributed by atoms with van der Waals surface area (Å²) in [6.07, 6.45) is 1.45. The van der Waals surface area contributed by atoms with Crippen LogP contribution < -0.4 is 9.62 Å². The first kappa shape index (κ1) is 21.1. The van der Waals surface area contributed by atoms with Crippen molar-refractivity contribution < 1.29 is 29.5 Å². The quantitative estimate of drug-likeness (QED) is 0.203. The zero-order chi connectivity index (χ0) is 19.0. The standard InChI is InChI=1S/C19H30O6/c1-6-7-8-23-25-16-11-14(9-12(2)3)18(24-19(21)22)17(20)15(16)10-13(4)5/h11-13,20H,6-10H2,1-5H3,(H,21,22). The molecule has 0 fully saturated rings. The van der Waals surface area contributed by atoms with Crippen LogP contribution in [0.3, 0.4) is 0 Å². The van der Waals surface area contributed by atoms with Crippen LogP contribution in [0.4, 0.5) is 4.79 Å². The lowest BCUT2D eigenvalue weighted by molar-refractivity contribution is -0.207. The third-order valence-corrected chi connectivity index (χ3v) is 3.56. The molecule has 0 amide bonds. The zero-order valence-electron chi connectivity index (χ0n) is 15.8. The summed E-state index contributed by atoms with van der Waals surface area (Å²) in [5.74, 6) is 0.690. The number of benzene rings is 1. The van der Waals surface area contributed by atoms with Crippen molar-refractivity contribution in [1.82, 2.24) is 0 Å². The molecule has 0 atom stereocenters. The Kier molecular flexibility index (Phi) is 8.55. The summed E-state index contributed by atoms with van der Waals surface area (Å²) in [5.41, 5.74) is 1.08. The van der Waals surface area contributed by atoms with Crippen LogP contribution in [0.5, 0.6) is 17.2 Å². The fourth-order valence-corrected chi connectivity index (χ4v) is 2.50. The molecule has 0 aliphatic rings. The van der Waals surface area contributed by atoms with E-state index in [0.29, 0.717) is 36.3 Å². The van der Waals surface area contributed by atoms with E-state index < -0.39 is 6.16 Å². The van der Waals surface area contributed by atoms with Crippen molar-refractivity contribution >= 4 is 6.16 Å². The molecular formula is C19H30O6. The Bertz CT molecular complexity index is 566. The van der Waals surface area contributed by atoms with Crippen LogP contribution in [0.1, 0.15) is 58.6 Å². The number of hydrogen-bond donors (Lipinski definition) is 2. The van der Waals surface area contributed by atoms with E-state index in [1.165, 1.54) is 0 Å². The molecule has 25 heavy (non-hydrogen) atoms. The molecule has 0 saturated heterocycles. The Morgan fingerprint density at radius 2 is 1.80 bits per heavy atom. The van der Waals surface area contributed by atoms with Gasteiger partial charge in [-0.1, -0.05) is 41.0 Å². The van der Waals surface area contributed by atoms with E-state index in [2.05, 4.69) is 6.92 Å². The Morgan fingerprint density at radius 1 is 1.16 bits per heavy atom. The summed E-state index contributed by atoms with van der Waals surface area (Å²) in [7, 11) is 0. The van der Waals surface area contributed by atoms with Gasteiger partial charge in [0.2, 0.25) is 0 Å². The lowest BCUT2D eigenvalue weighted by Gasteiger charge is -2.19. The Hall–Kier alpha value is -1.95. The van der Waals surface area contributed by atoms with Crippen molar-refractivity contribution in [2.24, 2.45) is 11.8 Å². The van der Waals surface area contributed by atoms with Gasteiger partial charge in [0.1, 0.15) is 0 Å². The normalized spacial score (nSPS) is 11.2. The highest BCUT2D eigenvalue weighted by atomic mass is 17.2. The van der Waals surface area contributed by atoms with Gasteiger partial charge in [-0.3, -0.25) is 0 Å². The number of carbonyl (C=O) groups is 1. The lowest BCUT2D eigenvalue weighted by Crippen LogP contribution is -2.10. The maximum absolute atomic E-state index is 11.0. The van der Waals surface area contributed by atoms with Gasteiger partial charge >= 0.3 is 6.16 Å². The van der Waals surface area contributed by atoms with Crippen LogP contribution in [0.15, 0.2) is 6.07 Å². The van der Waals surface area contributed by atoms with Crippen LogP contribution in [-0.4, -0.2) is 23.0 Å². The predicted octanol–water partition coefficient (Wildman–Crippen LogP) is 4.96. The molecule has 1 aromatic carbocycles. The van der Waals surface area contributed by atoms with Crippen molar-refractivity contribution in [3.05, 3.63) is 17.2 Å². The molecular weight excluding hydrogens is 324 g/mol. The van der Waals surface area contributed by atoms with Crippen LogP contribution in [0.2, 0.25) is 0 Å². The first-order valence-electron chi connectivity index (χ1n) is 8.84. The smallest absolute Gasteiger partial charge is 0.504 e. The number of hydrogen-bond acceptors (Lipinski definition) is 5. The minimum atomic E-state index is -1.45. The first-order chi connectivity index (χ1) is 11.8. The summed E-state index contributed by atoms with van der Waals surface area (Å²) < 4.78 is 4.87. The van der Waals surface area contributed by atoms with Crippen LogP contribution >= 0.6 is 0 Å². The van der Waals surface area contributed by atoms with E-state index >= 15 is 0 Å². The van der Waals surface area contributed by atoms with Gasteiger partial charge in [-0.25, -0.2) is 4.79 Å². The minimum Gasteiger partial charge on any atom is -0.504 e. The fraction of sp³-hybridized carbons (Fsp3) is 0.632. The van der Waals surface area contributed by atoms with Gasteiger partial charge in [0.15, 0.2) is 17.2 Å². The number of phenolic OH excluding ortho intramolecular Hbond substituents is 1. The highest BCUT2D eigenvalue weighted by molar-refractivity contribution is 5.67. The molecule has 0 saturated carbocycles. The number of aromatic hydroxyl groups is 1. The molecule has 0 radical (unpaired) electrons. The van der Waals surface area contributed by atoms with Crippen molar-refractivity contribution in [1.29, 1.82) is 0 Å². The van der Waals surface area contributed by atoms with Gasteiger partial charge < -0.3 is 19.8 Å². The van der Waals surface area contributed by atoms with E-state index in [1.807, 2.05) is 27.7 Å². The Morgan fingerprint density at radius 3 is 2.32 bits per heavy atom. The van der Waals surface area contributed by atoms with E-state index in [1.54, 1.807) is 6.07 Å². The second-order valence-electron chi connectivity index (χ2n) is 7.01. The summed E-state index contributed by atoms with van der Waals surface area (Å²) in [6.45, 7) is 10.5. The van der Waals surface area contributed by atoms with E-state index in [9.17, 15) is 9.90 Å². The van der Waals surface area contributed by atoms with E-state index in [4.69, 9.17) is 19.6 Å². The van der Waals surface area contributed by atoms with Gasteiger partial charge in [-0.05, 0) is 37.2 Å².